The Labute approximate surface area is 246 Å². The van der Waals surface area contributed by atoms with E-state index in [1.54, 1.807) is 13.0 Å². The van der Waals surface area contributed by atoms with Crippen molar-refractivity contribution in [2.45, 2.75) is 42.4 Å². The molecular formula is C29H30N2O11S. The first-order chi connectivity index (χ1) is 19.9. The number of nitrogens with zero attached hydrogens (tertiary/aromatic N) is 1. The quantitative estimate of drug-likeness (QED) is 0.191. The summed E-state index contributed by atoms with van der Waals surface area (Å²) in [5, 5.41) is 59.1. The molecule has 2 aromatic rings. The molecule has 0 spiro atoms. The van der Waals surface area contributed by atoms with E-state index in [0.717, 1.165) is 12.1 Å². The molecule has 5 rings (SSSR count). The first kappa shape index (κ1) is 30.4. The van der Waals surface area contributed by atoms with Crippen molar-refractivity contribution >= 4 is 39.0 Å². The third-order valence-electron chi connectivity index (χ3n) is 8.73. The number of phenolic OH excluding ortho intramolecular Hbond substituents is 1. The SMILES string of the molecule is Cc1ccc(S(=O)(=O)O)cc1NC(=O)C1=C(O)[C@@]2(O)C(=O)C3=C(O)c4c(O)cccc4[C@H](C)[C@H]3[C@H](O)[C@H]2[C@H](N(C)C)C1=O. The number of aliphatic hydroxyl groups excluding tert-OH is 3. The van der Waals surface area contributed by atoms with Crippen molar-refractivity contribution in [2.75, 3.05) is 19.4 Å². The molecule has 1 amide bonds. The molecule has 0 bridgehead atoms. The van der Waals surface area contributed by atoms with Gasteiger partial charge in [-0.3, -0.25) is 23.8 Å². The summed E-state index contributed by atoms with van der Waals surface area (Å²) in [5.74, 6) is -9.59. The predicted octanol–water partition coefficient (Wildman–Crippen LogP) is 1.20. The number of aliphatic hydroxyl groups is 4. The third-order valence-corrected chi connectivity index (χ3v) is 9.58. The lowest BCUT2D eigenvalue weighted by Crippen LogP contribution is -2.70. The highest BCUT2D eigenvalue weighted by Crippen LogP contribution is 2.56. The fourth-order valence-corrected chi connectivity index (χ4v) is 7.15. The summed E-state index contributed by atoms with van der Waals surface area (Å²) in [6.45, 7) is 3.13. The summed E-state index contributed by atoms with van der Waals surface area (Å²) in [6.07, 6.45) is -1.71. The summed E-state index contributed by atoms with van der Waals surface area (Å²) >= 11 is 0. The van der Waals surface area contributed by atoms with Crippen LogP contribution in [0, 0.1) is 18.8 Å². The van der Waals surface area contributed by atoms with Gasteiger partial charge >= 0.3 is 0 Å². The minimum atomic E-state index is -4.67. The van der Waals surface area contributed by atoms with Crippen molar-refractivity contribution in [1.82, 2.24) is 4.90 Å². The zero-order chi connectivity index (χ0) is 31.9. The monoisotopic (exact) mass is 614 g/mol. The molecule has 1 fully saturated rings. The molecule has 0 unspecified atom stereocenters. The number of carbonyl (C=O) groups is 3. The van der Waals surface area contributed by atoms with E-state index in [4.69, 9.17) is 0 Å². The van der Waals surface area contributed by atoms with Gasteiger partial charge in [0.05, 0.1) is 28.5 Å². The number of hydrogen-bond donors (Lipinski definition) is 7. The Morgan fingerprint density at radius 1 is 1.07 bits per heavy atom. The smallest absolute Gasteiger partial charge is 0.294 e. The van der Waals surface area contributed by atoms with Gasteiger partial charge in [-0.1, -0.05) is 25.1 Å². The van der Waals surface area contributed by atoms with Gasteiger partial charge in [-0.25, -0.2) is 0 Å². The number of anilines is 1. The number of Topliss-reactive ketones (excluding diaryl/α,β-unsaturated/α-hetero) is 2. The number of carbonyl (C=O) groups excluding carboxylic acids is 3. The van der Waals surface area contributed by atoms with Crippen LogP contribution in [0.4, 0.5) is 5.69 Å². The maximum atomic E-state index is 14.1. The molecule has 0 saturated heterocycles. The van der Waals surface area contributed by atoms with Crippen LogP contribution in [-0.2, 0) is 24.5 Å². The Morgan fingerprint density at radius 3 is 2.33 bits per heavy atom. The van der Waals surface area contributed by atoms with E-state index in [0.29, 0.717) is 11.1 Å². The lowest BCUT2D eigenvalue weighted by atomic mass is 9.54. The highest BCUT2D eigenvalue weighted by molar-refractivity contribution is 7.85. The number of benzene rings is 2. The number of fused-ring (bicyclic) bond motifs is 3. The van der Waals surface area contributed by atoms with E-state index in [-0.39, 0.29) is 17.0 Å². The van der Waals surface area contributed by atoms with Gasteiger partial charge in [-0.15, -0.1) is 0 Å². The zero-order valence-electron chi connectivity index (χ0n) is 23.4. The van der Waals surface area contributed by atoms with Gasteiger partial charge < -0.3 is 30.8 Å². The van der Waals surface area contributed by atoms with Crippen molar-refractivity contribution in [3.63, 3.8) is 0 Å². The number of ketones is 2. The topological polar surface area (TPSA) is 222 Å². The number of likely N-dealkylation sites (N-methyl/N-ethyl adjacent to an activating group) is 1. The molecule has 14 heteroatoms. The van der Waals surface area contributed by atoms with Gasteiger partial charge in [-0.2, -0.15) is 8.42 Å². The van der Waals surface area contributed by atoms with Gasteiger partial charge in [0, 0.05) is 17.2 Å². The predicted molar refractivity (Wildman–Crippen MR) is 151 cm³/mol. The summed E-state index contributed by atoms with van der Waals surface area (Å²) in [4.78, 5) is 42.2. The summed E-state index contributed by atoms with van der Waals surface area (Å²) in [6, 6.07) is 6.16. The van der Waals surface area contributed by atoms with Crippen LogP contribution < -0.4 is 5.32 Å². The normalized spacial score (nSPS) is 28.9. The van der Waals surface area contributed by atoms with E-state index in [1.165, 1.54) is 44.1 Å². The van der Waals surface area contributed by atoms with Crippen molar-refractivity contribution in [3.8, 4) is 5.75 Å². The zero-order valence-corrected chi connectivity index (χ0v) is 24.2. The lowest BCUT2D eigenvalue weighted by Gasteiger charge is -2.53. The van der Waals surface area contributed by atoms with Crippen LogP contribution in [0.1, 0.15) is 29.5 Å². The average Bonchev–Trinajstić information content (AvgIpc) is 2.91. The maximum absolute atomic E-state index is 14.1. The largest absolute Gasteiger partial charge is 0.508 e. The standard InChI is InChI=1S/C29H30N2O11S/c1-11-8-9-13(43(40,41)42)10-15(11)30-28(38)20-25(35)22(31(3)4)21-24(34)17-12(2)14-6-5-7-16(32)18(14)23(33)19(17)26(36)29(21,39)27(20)37/h5-10,12,17,21-22,24,32-34,37,39H,1-4H3,(H,30,38)(H,40,41,42)/t12-,17+,21+,22-,24-,29-/m0/s1. The number of rotatable bonds is 4. The fourth-order valence-electron chi connectivity index (χ4n) is 6.64. The van der Waals surface area contributed by atoms with E-state index in [1.807, 2.05) is 0 Å². The van der Waals surface area contributed by atoms with Gasteiger partial charge in [-0.05, 0) is 56.3 Å². The Kier molecular flexibility index (Phi) is 7.06. The van der Waals surface area contributed by atoms with Crippen molar-refractivity contribution < 1.29 is 52.9 Å². The Balaban J connectivity index is 1.71. The minimum Gasteiger partial charge on any atom is -0.508 e. The summed E-state index contributed by atoms with van der Waals surface area (Å²) in [7, 11) is -1.84. The maximum Gasteiger partial charge on any atom is 0.294 e. The molecule has 228 valence electrons. The van der Waals surface area contributed by atoms with Crippen LogP contribution >= 0.6 is 0 Å². The molecule has 0 radical (unpaired) electrons. The second-order valence-corrected chi connectivity index (χ2v) is 12.8. The molecule has 7 N–H and O–H groups in total. The number of aryl methyl sites for hydroxylation is 1. The van der Waals surface area contributed by atoms with E-state index >= 15 is 0 Å². The molecular weight excluding hydrogens is 584 g/mol. The van der Waals surface area contributed by atoms with Crippen LogP contribution in [0.15, 0.2) is 58.2 Å². The molecule has 6 atom stereocenters. The Hall–Kier alpha value is -4.08. The van der Waals surface area contributed by atoms with Crippen LogP contribution in [0.25, 0.3) is 5.76 Å². The number of nitrogens with one attached hydrogen (secondary N) is 1. The number of aromatic hydroxyl groups is 1. The van der Waals surface area contributed by atoms with Crippen LogP contribution in [0.3, 0.4) is 0 Å². The molecule has 0 aliphatic heterocycles. The van der Waals surface area contributed by atoms with Crippen LogP contribution in [0.2, 0.25) is 0 Å². The van der Waals surface area contributed by atoms with Gasteiger partial charge in [0.25, 0.3) is 16.0 Å². The first-order valence-electron chi connectivity index (χ1n) is 13.2. The van der Waals surface area contributed by atoms with Gasteiger partial charge in [0.2, 0.25) is 5.78 Å². The number of amides is 1. The van der Waals surface area contributed by atoms with Crippen molar-refractivity contribution in [3.05, 3.63) is 70.0 Å². The second kappa shape index (κ2) is 9.99. The first-order valence-corrected chi connectivity index (χ1v) is 14.6. The molecule has 43 heavy (non-hydrogen) atoms. The highest BCUT2D eigenvalue weighted by atomic mass is 32.2. The minimum absolute atomic E-state index is 0.0875. The van der Waals surface area contributed by atoms with Crippen molar-refractivity contribution in [1.29, 1.82) is 0 Å². The Morgan fingerprint density at radius 2 is 1.72 bits per heavy atom. The molecule has 3 aliphatic carbocycles. The summed E-state index contributed by atoms with van der Waals surface area (Å²) < 4.78 is 32.7. The number of hydrogen-bond acceptors (Lipinski definition) is 11. The highest BCUT2D eigenvalue weighted by Gasteiger charge is 2.68. The average molecular weight is 615 g/mol. The fraction of sp³-hybridized carbons (Fsp3) is 0.345. The van der Waals surface area contributed by atoms with Gasteiger partial charge in [0.15, 0.2) is 11.4 Å². The molecule has 0 aromatic heterocycles. The third kappa shape index (κ3) is 4.28. The van der Waals surface area contributed by atoms with E-state index < -0.39 is 90.7 Å². The molecule has 13 nitrogen and oxygen atoms in total. The molecule has 1 saturated carbocycles. The van der Waals surface area contributed by atoms with Crippen molar-refractivity contribution in [2.24, 2.45) is 11.8 Å². The van der Waals surface area contributed by atoms with Gasteiger partial charge in [0.1, 0.15) is 22.8 Å². The van der Waals surface area contributed by atoms with E-state index in [2.05, 4.69) is 5.32 Å². The Bertz CT molecular complexity index is 1780. The van der Waals surface area contributed by atoms with E-state index in [9.17, 15) is 52.9 Å². The van der Waals surface area contributed by atoms with Crippen LogP contribution in [0.5, 0.6) is 5.75 Å². The number of phenols is 1. The second-order valence-electron chi connectivity index (χ2n) is 11.3. The molecule has 2 aromatic carbocycles. The molecule has 0 heterocycles. The summed E-state index contributed by atoms with van der Waals surface area (Å²) in [5.41, 5.74) is -4.11. The molecule has 3 aliphatic rings. The van der Waals surface area contributed by atoms with Crippen LogP contribution in [-0.4, -0.2) is 92.7 Å². The lowest BCUT2D eigenvalue weighted by molar-refractivity contribution is -0.169.